The van der Waals surface area contributed by atoms with Crippen LogP contribution in [0.3, 0.4) is 0 Å². The molecule has 0 saturated heterocycles. The molecule has 0 amide bonds. The van der Waals surface area contributed by atoms with Gasteiger partial charge in [0.2, 0.25) is 6.30 Å². The number of nitrogens with one attached hydrogen (secondary N) is 1. The summed E-state index contributed by atoms with van der Waals surface area (Å²) in [5, 5.41) is 0.407. The Labute approximate surface area is 147 Å². The van der Waals surface area contributed by atoms with Gasteiger partial charge in [0.25, 0.3) is 5.56 Å². The number of fused-ring (bicyclic) bond motifs is 1. The molecule has 132 valence electrons. The van der Waals surface area contributed by atoms with Gasteiger partial charge in [0.1, 0.15) is 5.82 Å². The summed E-state index contributed by atoms with van der Waals surface area (Å²) in [6, 6.07) is 4.24. The minimum atomic E-state index is -1.81. The highest BCUT2D eigenvalue weighted by Crippen LogP contribution is 2.26. The van der Waals surface area contributed by atoms with Gasteiger partial charge in [-0.3, -0.25) is 14.3 Å². The van der Waals surface area contributed by atoms with Gasteiger partial charge in [0.15, 0.2) is 16.3 Å². The smallest absolute Gasteiger partial charge is 0.279 e. The molecule has 0 aliphatic rings. The van der Waals surface area contributed by atoms with E-state index in [1.165, 1.54) is 30.2 Å². The van der Waals surface area contributed by atoms with Crippen molar-refractivity contribution in [3.05, 3.63) is 51.8 Å². The van der Waals surface area contributed by atoms with E-state index in [4.69, 9.17) is 0 Å². The first-order valence-corrected chi connectivity index (χ1v) is 8.99. The number of H-pyrrole nitrogens is 1. The minimum absolute atomic E-state index is 0.0375. The Balaban J connectivity index is 2.04. The summed E-state index contributed by atoms with van der Waals surface area (Å²) in [4.78, 5) is 23.0. The van der Waals surface area contributed by atoms with E-state index in [0.717, 1.165) is 28.7 Å². The Morgan fingerprint density at radius 1 is 1.40 bits per heavy atom. The summed E-state index contributed by atoms with van der Waals surface area (Å²) in [7, 11) is 0. The lowest BCUT2D eigenvalue weighted by Crippen LogP contribution is -2.12. The van der Waals surface area contributed by atoms with Crippen molar-refractivity contribution in [1.29, 1.82) is 0 Å². The van der Waals surface area contributed by atoms with Gasteiger partial charge in [-0.15, -0.1) is 0 Å². The number of thioether (sulfide) groups is 1. The van der Waals surface area contributed by atoms with Crippen LogP contribution in [-0.4, -0.2) is 25.3 Å². The monoisotopic (exact) mass is 364 g/mol. The maximum absolute atomic E-state index is 15.0. The van der Waals surface area contributed by atoms with Crippen molar-refractivity contribution in [2.24, 2.45) is 0 Å². The first kappa shape index (κ1) is 17.6. The first-order chi connectivity index (χ1) is 12.0. The second-order valence-electron chi connectivity index (χ2n) is 5.76. The number of aromatic nitrogens is 4. The van der Waals surface area contributed by atoms with Crippen molar-refractivity contribution >= 4 is 22.9 Å². The fourth-order valence-electron chi connectivity index (χ4n) is 2.45. The molecule has 8 heteroatoms. The number of aromatic amines is 1. The Kier molecular flexibility index (Phi) is 5.17. The van der Waals surface area contributed by atoms with E-state index >= 15 is 0 Å². The van der Waals surface area contributed by atoms with Gasteiger partial charge in [0.05, 0.1) is 6.33 Å². The number of alkyl halides is 1. The van der Waals surface area contributed by atoms with Crippen molar-refractivity contribution < 1.29 is 8.78 Å². The summed E-state index contributed by atoms with van der Waals surface area (Å²) in [5.41, 5.74) is 0.345. The van der Waals surface area contributed by atoms with Crippen LogP contribution in [0.1, 0.15) is 37.2 Å². The van der Waals surface area contributed by atoms with E-state index in [1.807, 2.05) is 0 Å². The van der Waals surface area contributed by atoms with Gasteiger partial charge in [-0.2, -0.15) is 0 Å². The second kappa shape index (κ2) is 7.35. The molecule has 0 fully saturated rings. The molecule has 0 aliphatic carbocycles. The third kappa shape index (κ3) is 3.58. The number of aryl methyl sites for hydroxylation is 1. The predicted octanol–water partition coefficient (Wildman–Crippen LogP) is 3.98. The van der Waals surface area contributed by atoms with Crippen molar-refractivity contribution in [3.63, 3.8) is 0 Å². The number of hydrogen-bond acceptors (Lipinski definition) is 4. The Bertz CT molecular complexity index is 953. The summed E-state index contributed by atoms with van der Waals surface area (Å²) in [6.45, 7) is 3.83. The van der Waals surface area contributed by atoms with E-state index < -0.39 is 17.7 Å². The number of rotatable bonds is 6. The van der Waals surface area contributed by atoms with Crippen molar-refractivity contribution in [2.75, 3.05) is 5.75 Å². The lowest BCUT2D eigenvalue weighted by atomic mass is 10.1. The molecule has 0 spiro atoms. The maximum Gasteiger partial charge on any atom is 0.279 e. The topological polar surface area (TPSA) is 63.6 Å². The van der Waals surface area contributed by atoms with Crippen LogP contribution in [0.15, 0.2) is 34.5 Å². The lowest BCUT2D eigenvalue weighted by molar-refractivity contribution is 0.291. The first-order valence-electron chi connectivity index (χ1n) is 8.01. The molecule has 1 unspecified atom stereocenters. The zero-order valence-corrected chi connectivity index (χ0v) is 14.7. The minimum Gasteiger partial charge on any atom is -0.299 e. The van der Waals surface area contributed by atoms with E-state index in [1.54, 1.807) is 13.0 Å². The fraction of sp³-hybridized carbons (Fsp3) is 0.353. The van der Waals surface area contributed by atoms with E-state index in [9.17, 15) is 13.6 Å². The highest BCUT2D eigenvalue weighted by molar-refractivity contribution is 7.99. The van der Waals surface area contributed by atoms with Crippen LogP contribution in [0, 0.1) is 12.7 Å². The zero-order chi connectivity index (χ0) is 18.0. The summed E-state index contributed by atoms with van der Waals surface area (Å²) < 4.78 is 30.1. The fourth-order valence-corrected chi connectivity index (χ4v) is 3.39. The van der Waals surface area contributed by atoms with E-state index in [0.29, 0.717) is 5.16 Å². The van der Waals surface area contributed by atoms with Crippen LogP contribution >= 0.6 is 11.8 Å². The Morgan fingerprint density at radius 2 is 2.20 bits per heavy atom. The van der Waals surface area contributed by atoms with Gasteiger partial charge >= 0.3 is 0 Å². The number of hydrogen-bond donors (Lipinski definition) is 1. The van der Waals surface area contributed by atoms with Crippen LogP contribution in [0.2, 0.25) is 0 Å². The zero-order valence-electron chi connectivity index (χ0n) is 13.9. The number of imidazole rings is 1. The Morgan fingerprint density at radius 3 is 2.96 bits per heavy atom. The number of unbranched alkanes of at least 4 members (excludes halogenated alkanes) is 1. The molecule has 0 radical (unpaired) electrons. The van der Waals surface area contributed by atoms with Crippen LogP contribution in [0.4, 0.5) is 8.78 Å². The summed E-state index contributed by atoms with van der Waals surface area (Å²) in [5.74, 6) is 0.146. The van der Waals surface area contributed by atoms with Gasteiger partial charge < -0.3 is 0 Å². The molecule has 0 saturated carbocycles. The summed E-state index contributed by atoms with van der Waals surface area (Å²) >= 11 is 1.39. The average molecular weight is 364 g/mol. The van der Waals surface area contributed by atoms with Gasteiger partial charge in [0, 0.05) is 11.3 Å². The number of halogens is 2. The highest BCUT2D eigenvalue weighted by Gasteiger charge is 2.21. The second-order valence-corrected chi connectivity index (χ2v) is 6.84. The molecule has 3 rings (SSSR count). The van der Waals surface area contributed by atoms with Crippen LogP contribution in [0.25, 0.3) is 11.2 Å². The van der Waals surface area contributed by atoms with E-state index in [2.05, 4.69) is 21.9 Å². The highest BCUT2D eigenvalue weighted by atomic mass is 32.2. The molecule has 25 heavy (non-hydrogen) atoms. The quantitative estimate of drug-likeness (QED) is 0.408. The molecule has 1 N–H and O–H groups in total. The molecule has 1 aromatic carbocycles. The lowest BCUT2D eigenvalue weighted by Gasteiger charge is -2.12. The van der Waals surface area contributed by atoms with Crippen LogP contribution in [-0.2, 0) is 0 Å². The van der Waals surface area contributed by atoms with Crippen molar-refractivity contribution in [2.45, 2.75) is 38.1 Å². The maximum atomic E-state index is 15.0. The van der Waals surface area contributed by atoms with Gasteiger partial charge in [-0.25, -0.2) is 18.7 Å². The number of nitrogens with zero attached hydrogens (tertiary/aromatic N) is 3. The Hall–Kier alpha value is -2.22. The standard InChI is InChI=1S/C17H18F2N4OS/c1-3-4-7-25-17-21-15-13(16(24)22-17)20-9-23(15)14(19)11-8-10(2)5-6-12(11)18/h5-6,8-9,14H,3-4,7H2,1-2H3,(H,21,22,24). The van der Waals surface area contributed by atoms with E-state index in [-0.39, 0.29) is 16.7 Å². The molecular formula is C17H18F2N4OS. The van der Waals surface area contributed by atoms with Crippen molar-refractivity contribution in [3.8, 4) is 0 Å². The third-order valence-corrected chi connectivity index (χ3v) is 4.76. The van der Waals surface area contributed by atoms with Gasteiger partial charge in [-0.05, 0) is 25.5 Å². The SMILES string of the molecule is CCCCSc1nc2c(ncn2C(F)c2cc(C)ccc2F)c(=O)[nH]1. The number of benzene rings is 1. The molecule has 5 nitrogen and oxygen atoms in total. The van der Waals surface area contributed by atoms with Gasteiger partial charge in [-0.1, -0.05) is 36.7 Å². The largest absolute Gasteiger partial charge is 0.299 e. The molecule has 1 atom stereocenters. The molecular weight excluding hydrogens is 346 g/mol. The van der Waals surface area contributed by atoms with Crippen molar-refractivity contribution in [1.82, 2.24) is 19.5 Å². The molecule has 0 bridgehead atoms. The normalized spacial score (nSPS) is 12.6. The molecule has 2 heterocycles. The summed E-state index contributed by atoms with van der Waals surface area (Å²) in [6.07, 6.45) is 1.37. The molecule has 2 aromatic heterocycles. The molecule has 0 aliphatic heterocycles. The average Bonchev–Trinajstić information content (AvgIpc) is 3.01. The van der Waals surface area contributed by atoms with Crippen LogP contribution in [0.5, 0.6) is 0 Å². The van der Waals surface area contributed by atoms with Crippen LogP contribution < -0.4 is 5.56 Å². The third-order valence-electron chi connectivity index (χ3n) is 3.80. The predicted molar refractivity (Wildman–Crippen MR) is 94.2 cm³/mol. The molecule has 3 aromatic rings.